The maximum absolute atomic E-state index is 9.52. The van der Waals surface area contributed by atoms with Crippen molar-refractivity contribution in [3.05, 3.63) is 18.2 Å². The van der Waals surface area contributed by atoms with Gasteiger partial charge < -0.3 is 4.57 Å². The van der Waals surface area contributed by atoms with E-state index in [0.717, 1.165) is 37.9 Å². The molecule has 1 aliphatic rings. The molecule has 2 atom stereocenters. The second-order valence-corrected chi connectivity index (χ2v) is 5.89. The van der Waals surface area contributed by atoms with Crippen LogP contribution in [-0.4, -0.2) is 21.1 Å². The molecule has 1 saturated carbocycles. The third-order valence-corrected chi connectivity index (χ3v) is 3.88. The smallest absolute Gasteiger partial charge is 0.109 e. The summed E-state index contributed by atoms with van der Waals surface area (Å²) in [5, 5.41) is 13.0. The third kappa shape index (κ3) is 2.98. The highest BCUT2D eigenvalue weighted by Crippen LogP contribution is 2.38. The monoisotopic (exact) mass is 260 g/mol. The van der Waals surface area contributed by atoms with Gasteiger partial charge >= 0.3 is 0 Å². The van der Waals surface area contributed by atoms with Crippen LogP contribution in [0.1, 0.15) is 58.3 Å². The van der Waals surface area contributed by atoms with Gasteiger partial charge in [0.05, 0.1) is 6.07 Å². The van der Waals surface area contributed by atoms with E-state index in [1.54, 1.807) is 0 Å². The molecule has 1 aromatic rings. The molecule has 2 unspecified atom stereocenters. The van der Waals surface area contributed by atoms with E-state index >= 15 is 0 Å². The van der Waals surface area contributed by atoms with Crippen LogP contribution in [0.25, 0.3) is 0 Å². The first-order valence-corrected chi connectivity index (χ1v) is 7.31. The molecular formula is C15H24N4. The van der Waals surface area contributed by atoms with E-state index in [1.165, 1.54) is 0 Å². The molecule has 1 aliphatic carbocycles. The Kier molecular flexibility index (Phi) is 4.26. The Bertz CT molecular complexity index is 457. The van der Waals surface area contributed by atoms with Gasteiger partial charge in [-0.05, 0) is 39.5 Å². The zero-order chi connectivity index (χ0) is 13.9. The first-order chi connectivity index (χ1) is 9.10. The van der Waals surface area contributed by atoms with Crippen molar-refractivity contribution < 1.29 is 0 Å². The van der Waals surface area contributed by atoms with Crippen LogP contribution in [0.3, 0.4) is 0 Å². The van der Waals surface area contributed by atoms with Crippen LogP contribution < -0.4 is 5.32 Å². The van der Waals surface area contributed by atoms with Crippen molar-refractivity contribution in [2.75, 3.05) is 0 Å². The number of nitrogens with zero attached hydrogens (tertiary/aromatic N) is 3. The fraction of sp³-hybridized carbons (Fsp3) is 0.733. The number of aryl methyl sites for hydroxylation is 1. The molecule has 4 nitrogen and oxygen atoms in total. The van der Waals surface area contributed by atoms with Crippen LogP contribution in [-0.2, 0) is 6.42 Å². The molecule has 1 fully saturated rings. The normalized spacial score (nSPS) is 26.8. The number of imidazole rings is 1. The molecule has 0 radical (unpaired) electrons. The van der Waals surface area contributed by atoms with Gasteiger partial charge in [-0.25, -0.2) is 4.98 Å². The Morgan fingerprint density at radius 3 is 3.05 bits per heavy atom. The molecule has 0 spiro atoms. The van der Waals surface area contributed by atoms with Crippen LogP contribution in [0.2, 0.25) is 0 Å². The van der Waals surface area contributed by atoms with Gasteiger partial charge in [0.2, 0.25) is 0 Å². The Labute approximate surface area is 115 Å². The van der Waals surface area contributed by atoms with Crippen LogP contribution in [0.4, 0.5) is 0 Å². The average Bonchev–Trinajstić information content (AvgIpc) is 2.96. The summed E-state index contributed by atoms with van der Waals surface area (Å²) in [6.45, 7) is 6.38. The molecule has 0 bridgehead atoms. The lowest BCUT2D eigenvalue weighted by atomic mass is 9.98. The maximum Gasteiger partial charge on any atom is 0.109 e. The second kappa shape index (κ2) is 5.75. The molecular weight excluding hydrogens is 236 g/mol. The van der Waals surface area contributed by atoms with Crippen LogP contribution in [0, 0.1) is 11.3 Å². The molecule has 0 amide bonds. The maximum atomic E-state index is 9.52. The van der Waals surface area contributed by atoms with Crippen molar-refractivity contribution in [1.29, 1.82) is 5.26 Å². The summed E-state index contributed by atoms with van der Waals surface area (Å²) >= 11 is 0. The number of nitriles is 1. The first kappa shape index (κ1) is 14.1. The highest BCUT2D eigenvalue weighted by Gasteiger charge is 2.40. The van der Waals surface area contributed by atoms with E-state index in [9.17, 15) is 5.26 Å². The quantitative estimate of drug-likeness (QED) is 0.885. The van der Waals surface area contributed by atoms with E-state index in [4.69, 9.17) is 0 Å². The summed E-state index contributed by atoms with van der Waals surface area (Å²) < 4.78 is 2.28. The van der Waals surface area contributed by atoms with Gasteiger partial charge in [0.25, 0.3) is 0 Å². The van der Waals surface area contributed by atoms with Gasteiger partial charge in [-0.3, -0.25) is 5.32 Å². The topological polar surface area (TPSA) is 53.6 Å². The minimum Gasteiger partial charge on any atom is -0.332 e. The highest BCUT2D eigenvalue weighted by molar-refractivity contribution is 5.14. The van der Waals surface area contributed by atoms with E-state index in [1.807, 2.05) is 6.20 Å². The molecule has 4 heteroatoms. The molecule has 0 aliphatic heterocycles. The van der Waals surface area contributed by atoms with E-state index < -0.39 is 0 Å². The summed E-state index contributed by atoms with van der Waals surface area (Å²) in [6, 6.07) is 3.26. The molecule has 19 heavy (non-hydrogen) atoms. The van der Waals surface area contributed by atoms with Crippen molar-refractivity contribution >= 4 is 0 Å². The van der Waals surface area contributed by atoms with Gasteiger partial charge in [0.15, 0.2) is 0 Å². The van der Waals surface area contributed by atoms with Gasteiger partial charge in [0, 0.05) is 30.9 Å². The summed E-state index contributed by atoms with van der Waals surface area (Å²) in [6.07, 6.45) is 8.94. The van der Waals surface area contributed by atoms with Crippen molar-refractivity contribution in [3.8, 4) is 6.07 Å². The van der Waals surface area contributed by atoms with Gasteiger partial charge in [-0.15, -0.1) is 0 Å². The van der Waals surface area contributed by atoms with Crippen molar-refractivity contribution in [1.82, 2.24) is 14.9 Å². The lowest BCUT2D eigenvalue weighted by molar-refractivity contribution is 0.366. The summed E-state index contributed by atoms with van der Waals surface area (Å²) in [4.78, 5) is 4.44. The van der Waals surface area contributed by atoms with Crippen LogP contribution in [0.5, 0.6) is 0 Å². The number of aromatic nitrogens is 2. The molecule has 0 saturated heterocycles. The number of nitrogens with one attached hydrogen (secondary N) is 1. The van der Waals surface area contributed by atoms with Gasteiger partial charge in [-0.2, -0.15) is 5.26 Å². The third-order valence-electron chi connectivity index (χ3n) is 3.88. The van der Waals surface area contributed by atoms with Crippen LogP contribution in [0.15, 0.2) is 12.4 Å². The van der Waals surface area contributed by atoms with Crippen molar-refractivity contribution in [3.63, 3.8) is 0 Å². The lowest BCUT2D eigenvalue weighted by Gasteiger charge is -2.26. The van der Waals surface area contributed by atoms with Gasteiger partial charge in [0.1, 0.15) is 11.4 Å². The molecule has 2 rings (SSSR count). The standard InChI is InChI=1S/C15H24N4/c1-4-5-14-17-8-9-19(14)13-6-7-15(10-13,11-16)18-12(2)3/h8-9,12-13,18H,4-7,10H2,1-3H3. The van der Waals surface area contributed by atoms with Crippen LogP contribution >= 0.6 is 0 Å². The predicted octanol–water partition coefficient (Wildman–Crippen LogP) is 2.82. The summed E-state index contributed by atoms with van der Waals surface area (Å²) in [5.41, 5.74) is -0.355. The Morgan fingerprint density at radius 2 is 2.42 bits per heavy atom. The number of rotatable bonds is 5. The molecule has 0 aromatic carbocycles. The zero-order valence-electron chi connectivity index (χ0n) is 12.2. The van der Waals surface area contributed by atoms with E-state index in [-0.39, 0.29) is 5.54 Å². The SMILES string of the molecule is CCCc1nccn1C1CCC(C#N)(NC(C)C)C1. The summed E-state index contributed by atoms with van der Waals surface area (Å²) in [7, 11) is 0. The van der Waals surface area contributed by atoms with Gasteiger partial charge in [-0.1, -0.05) is 6.92 Å². The van der Waals surface area contributed by atoms with Crippen molar-refractivity contribution in [2.24, 2.45) is 0 Å². The minimum atomic E-state index is -0.355. The lowest BCUT2D eigenvalue weighted by Crippen LogP contribution is -2.45. The molecule has 1 N–H and O–H groups in total. The largest absolute Gasteiger partial charge is 0.332 e. The molecule has 1 aromatic heterocycles. The molecule has 104 valence electrons. The van der Waals surface area contributed by atoms with E-state index in [2.05, 4.69) is 47.9 Å². The fourth-order valence-electron chi connectivity index (χ4n) is 3.17. The highest BCUT2D eigenvalue weighted by atomic mass is 15.1. The second-order valence-electron chi connectivity index (χ2n) is 5.89. The Balaban J connectivity index is 2.13. The van der Waals surface area contributed by atoms with Crippen molar-refractivity contribution in [2.45, 2.75) is 70.5 Å². The minimum absolute atomic E-state index is 0.344. The Morgan fingerprint density at radius 1 is 1.63 bits per heavy atom. The first-order valence-electron chi connectivity index (χ1n) is 7.31. The number of hydrogen-bond acceptors (Lipinski definition) is 3. The summed E-state index contributed by atoms with van der Waals surface area (Å²) in [5.74, 6) is 1.16. The predicted molar refractivity (Wildman–Crippen MR) is 75.7 cm³/mol. The average molecular weight is 260 g/mol. The fourth-order valence-corrected chi connectivity index (χ4v) is 3.17. The zero-order valence-corrected chi connectivity index (χ0v) is 12.2. The Hall–Kier alpha value is -1.34. The van der Waals surface area contributed by atoms with E-state index in [0.29, 0.717) is 12.1 Å². The molecule has 1 heterocycles. The number of hydrogen-bond donors (Lipinski definition) is 1.